The van der Waals surface area contributed by atoms with Crippen molar-refractivity contribution >= 4 is 26.6 Å². The first-order valence-corrected chi connectivity index (χ1v) is 11.0. The van der Waals surface area contributed by atoms with Crippen LogP contribution < -0.4 is 4.72 Å². The molecule has 2 aromatic heterocycles. The minimum Gasteiger partial charge on any atom is -0.308 e. The number of halogens is 3. The molecule has 0 amide bonds. The fourth-order valence-corrected chi connectivity index (χ4v) is 4.66. The Labute approximate surface area is 182 Å². The molecular formula is C22H17F3N4O2S. The van der Waals surface area contributed by atoms with Crippen LogP contribution in [0.5, 0.6) is 0 Å². The smallest absolute Gasteiger partial charge is 0.308 e. The monoisotopic (exact) mass is 458 g/mol. The van der Waals surface area contributed by atoms with E-state index in [-0.39, 0.29) is 4.90 Å². The Morgan fingerprint density at radius 2 is 1.88 bits per heavy atom. The van der Waals surface area contributed by atoms with Crippen LogP contribution in [-0.2, 0) is 10.0 Å². The summed E-state index contributed by atoms with van der Waals surface area (Å²) in [6.45, 7) is 2.57. The normalized spacial score (nSPS) is 14.7. The highest BCUT2D eigenvalue weighted by atomic mass is 32.2. The van der Waals surface area contributed by atoms with E-state index in [2.05, 4.69) is 11.1 Å². The molecule has 0 saturated carbocycles. The van der Waals surface area contributed by atoms with E-state index in [9.17, 15) is 26.9 Å². The molecule has 1 aliphatic rings. The Hall–Kier alpha value is -3.42. The van der Waals surface area contributed by atoms with Crippen LogP contribution in [0, 0.1) is 18.3 Å². The van der Waals surface area contributed by atoms with E-state index >= 15 is 0 Å². The molecule has 32 heavy (non-hydrogen) atoms. The Morgan fingerprint density at radius 1 is 1.22 bits per heavy atom. The number of aryl methyl sites for hydroxylation is 1. The molecule has 0 saturated heterocycles. The van der Waals surface area contributed by atoms with E-state index in [0.717, 1.165) is 23.8 Å². The number of nitrogens with one attached hydrogen (secondary N) is 1. The van der Waals surface area contributed by atoms with Gasteiger partial charge in [-0.05, 0) is 49.8 Å². The van der Waals surface area contributed by atoms with Crippen LogP contribution in [0.3, 0.4) is 0 Å². The van der Waals surface area contributed by atoms with Gasteiger partial charge in [0.05, 0.1) is 21.7 Å². The topological polar surface area (TPSA) is 87.8 Å². The highest BCUT2D eigenvalue weighted by Gasteiger charge is 2.38. The maximum absolute atomic E-state index is 12.8. The molecule has 1 aromatic carbocycles. The molecule has 1 aliphatic carbocycles. The molecule has 1 N–H and O–H groups in total. The molecule has 4 rings (SSSR count). The summed E-state index contributed by atoms with van der Waals surface area (Å²) >= 11 is 0. The van der Waals surface area contributed by atoms with Gasteiger partial charge in [-0.3, -0.25) is 4.98 Å². The number of pyridine rings is 1. The second-order valence-electron chi connectivity index (χ2n) is 7.37. The summed E-state index contributed by atoms with van der Waals surface area (Å²) < 4.78 is 66.6. The van der Waals surface area contributed by atoms with Crippen molar-refractivity contribution < 1.29 is 21.6 Å². The average molecular weight is 458 g/mol. The predicted molar refractivity (Wildman–Crippen MR) is 114 cm³/mol. The first-order chi connectivity index (χ1) is 15.0. The lowest BCUT2D eigenvalue weighted by molar-refractivity contribution is -0.147. The van der Waals surface area contributed by atoms with Gasteiger partial charge in [0, 0.05) is 23.0 Å². The fraction of sp³-hybridized carbons (Fsp3) is 0.182. The number of hydrogen-bond acceptors (Lipinski definition) is 4. The first-order valence-electron chi connectivity index (χ1n) is 9.52. The maximum Gasteiger partial charge on any atom is 0.404 e. The van der Waals surface area contributed by atoms with Crippen LogP contribution in [0.2, 0.25) is 0 Å². The number of nitrogens with zero attached hydrogens (tertiary/aromatic N) is 3. The zero-order valence-electron chi connectivity index (χ0n) is 17.0. The van der Waals surface area contributed by atoms with Crippen LogP contribution in [0.25, 0.3) is 27.9 Å². The molecule has 0 fully saturated rings. The molecule has 10 heteroatoms. The number of fused-ring (bicyclic) bond motifs is 1. The quantitative estimate of drug-likeness (QED) is 0.609. The van der Waals surface area contributed by atoms with E-state index in [1.165, 1.54) is 24.3 Å². The number of nitriles is 1. The van der Waals surface area contributed by atoms with Gasteiger partial charge >= 0.3 is 6.18 Å². The molecule has 2 heterocycles. The average Bonchev–Trinajstić information content (AvgIpc) is 2.99. The van der Waals surface area contributed by atoms with Gasteiger partial charge in [-0.25, -0.2) is 8.42 Å². The van der Waals surface area contributed by atoms with E-state index in [0.29, 0.717) is 22.2 Å². The second kappa shape index (κ2) is 7.62. The van der Waals surface area contributed by atoms with Crippen LogP contribution >= 0.6 is 0 Å². The molecule has 3 aromatic rings. The summed E-state index contributed by atoms with van der Waals surface area (Å²) in [5.74, 6) is 0. The highest BCUT2D eigenvalue weighted by Crippen LogP contribution is 2.37. The first kappa shape index (κ1) is 21.8. The predicted octanol–water partition coefficient (Wildman–Crippen LogP) is 4.52. The SMILES string of the molecule is Cc1cc2c(cn1)c(C#N)c(-c1ccc(S(=O)(=O)N[C@@H](C)C(F)(F)F)cc1)n2C1=CC=C1. The Balaban J connectivity index is 1.82. The van der Waals surface area contributed by atoms with Crippen molar-refractivity contribution in [1.82, 2.24) is 14.3 Å². The molecule has 1 atom stereocenters. The van der Waals surface area contributed by atoms with Gasteiger partial charge in [-0.1, -0.05) is 18.2 Å². The van der Waals surface area contributed by atoms with Crippen LogP contribution in [0.1, 0.15) is 18.2 Å². The van der Waals surface area contributed by atoms with Crippen molar-refractivity contribution in [1.29, 1.82) is 5.26 Å². The number of alkyl halides is 3. The minimum atomic E-state index is -4.70. The van der Waals surface area contributed by atoms with Gasteiger partial charge in [0.2, 0.25) is 10.0 Å². The van der Waals surface area contributed by atoms with Gasteiger partial charge in [0.1, 0.15) is 12.1 Å². The number of hydrogen-bond donors (Lipinski definition) is 1. The van der Waals surface area contributed by atoms with Crippen LogP contribution in [0.4, 0.5) is 13.2 Å². The highest BCUT2D eigenvalue weighted by molar-refractivity contribution is 7.89. The van der Waals surface area contributed by atoms with Gasteiger partial charge in [-0.15, -0.1) is 0 Å². The van der Waals surface area contributed by atoms with E-state index in [4.69, 9.17) is 0 Å². The zero-order valence-corrected chi connectivity index (χ0v) is 17.8. The summed E-state index contributed by atoms with van der Waals surface area (Å²) in [4.78, 5) is 3.97. The van der Waals surface area contributed by atoms with Gasteiger partial charge in [0.25, 0.3) is 0 Å². The van der Waals surface area contributed by atoms with Crippen molar-refractivity contribution in [2.24, 2.45) is 0 Å². The summed E-state index contributed by atoms with van der Waals surface area (Å²) in [6.07, 6.45) is 2.52. The van der Waals surface area contributed by atoms with Crippen molar-refractivity contribution in [2.75, 3.05) is 0 Å². The zero-order chi connectivity index (χ0) is 23.3. The number of aromatic nitrogens is 2. The third kappa shape index (κ3) is 3.70. The summed E-state index contributed by atoms with van der Waals surface area (Å²) in [5, 5.41) is 10.5. The second-order valence-corrected chi connectivity index (χ2v) is 9.09. The van der Waals surface area contributed by atoms with E-state index < -0.39 is 22.2 Å². The molecule has 0 bridgehead atoms. The molecule has 0 spiro atoms. The summed E-state index contributed by atoms with van der Waals surface area (Å²) in [5.41, 5.74) is 3.84. The molecular weight excluding hydrogens is 441 g/mol. The van der Waals surface area contributed by atoms with E-state index in [1.54, 1.807) is 10.9 Å². The van der Waals surface area contributed by atoms with Crippen molar-refractivity contribution in [3.05, 3.63) is 66.0 Å². The van der Waals surface area contributed by atoms with Crippen molar-refractivity contribution in [3.8, 4) is 17.3 Å². The molecule has 6 nitrogen and oxygen atoms in total. The summed E-state index contributed by atoms with van der Waals surface area (Å²) in [7, 11) is -4.38. The largest absolute Gasteiger partial charge is 0.404 e. The Kier molecular flexibility index (Phi) is 5.19. The van der Waals surface area contributed by atoms with Gasteiger partial charge < -0.3 is 4.57 Å². The molecule has 164 valence electrons. The van der Waals surface area contributed by atoms with Crippen molar-refractivity contribution in [2.45, 2.75) is 31.0 Å². The van der Waals surface area contributed by atoms with Gasteiger partial charge in [-0.2, -0.15) is 23.2 Å². The minimum absolute atomic E-state index is 0.307. The summed E-state index contributed by atoms with van der Waals surface area (Å²) in [6, 6.07) is 7.22. The standard InChI is InChI=1S/C22H17F3N4O2S/c1-13-10-20-19(12-27-13)18(11-26)21(29(20)16-4-3-5-16)15-6-8-17(9-7-15)32(30,31)28-14(2)22(23,24)25/h3-10,12,14,28H,1-2H3/t14-/m0/s1. The third-order valence-electron chi connectivity index (χ3n) is 5.15. The molecule has 0 radical (unpaired) electrons. The van der Waals surface area contributed by atoms with Crippen molar-refractivity contribution in [3.63, 3.8) is 0 Å². The lowest BCUT2D eigenvalue weighted by atomic mass is 10.1. The number of benzene rings is 1. The number of rotatable bonds is 5. The Bertz CT molecular complexity index is 1430. The maximum atomic E-state index is 12.8. The number of sulfonamides is 1. The van der Waals surface area contributed by atoms with Gasteiger partial charge in [0.15, 0.2) is 0 Å². The fourth-order valence-electron chi connectivity index (χ4n) is 3.43. The van der Waals surface area contributed by atoms with Crippen LogP contribution in [-0.4, -0.2) is 30.2 Å². The third-order valence-corrected chi connectivity index (χ3v) is 6.71. The number of allylic oxidation sites excluding steroid dienone is 4. The lowest BCUT2D eigenvalue weighted by Gasteiger charge is -2.18. The molecule has 0 unspecified atom stereocenters. The lowest BCUT2D eigenvalue weighted by Crippen LogP contribution is -2.42. The van der Waals surface area contributed by atoms with Crippen LogP contribution in [0.15, 0.2) is 59.7 Å². The molecule has 0 aliphatic heterocycles. The Morgan fingerprint density at radius 3 is 2.41 bits per heavy atom. The van der Waals surface area contributed by atoms with E-state index in [1.807, 2.05) is 35.8 Å².